The topological polar surface area (TPSA) is 17.8 Å². The third-order valence-corrected chi connectivity index (χ3v) is 4.68. The van der Waals surface area contributed by atoms with Crippen molar-refractivity contribution in [1.29, 1.82) is 0 Å². The highest BCUT2D eigenvalue weighted by Crippen LogP contribution is 2.33. The zero-order valence-corrected chi connectivity index (χ0v) is 13.1. The molecule has 0 fully saturated rings. The summed E-state index contributed by atoms with van der Waals surface area (Å²) in [5.41, 5.74) is 5.16. The fourth-order valence-electron chi connectivity index (χ4n) is 3.52. The molecule has 2 aliphatic carbocycles. The maximum absolute atomic E-state index is 5.04. The smallest absolute Gasteiger partial charge is 0.140 e. The van der Waals surface area contributed by atoms with Crippen molar-refractivity contribution in [1.82, 2.24) is 9.55 Å². The Labute approximate surface area is 132 Å². The van der Waals surface area contributed by atoms with Gasteiger partial charge in [0.2, 0.25) is 0 Å². The van der Waals surface area contributed by atoms with Gasteiger partial charge in [-0.1, -0.05) is 37.3 Å². The van der Waals surface area contributed by atoms with Crippen molar-refractivity contribution in [2.45, 2.75) is 39.0 Å². The molecule has 112 valence electrons. The Balaban J connectivity index is 1.91. The summed E-state index contributed by atoms with van der Waals surface area (Å²) in [4.78, 5) is 5.04. The number of benzene rings is 1. The van der Waals surface area contributed by atoms with Crippen molar-refractivity contribution in [3.05, 3.63) is 59.7 Å². The van der Waals surface area contributed by atoms with Crippen LogP contribution in [0.5, 0.6) is 0 Å². The minimum absolute atomic E-state index is 0.583. The van der Waals surface area contributed by atoms with E-state index < -0.39 is 0 Å². The highest BCUT2D eigenvalue weighted by molar-refractivity contribution is 5.67. The van der Waals surface area contributed by atoms with E-state index in [9.17, 15) is 0 Å². The summed E-state index contributed by atoms with van der Waals surface area (Å²) in [6.45, 7) is 2.26. The first kappa shape index (κ1) is 13.6. The molecule has 2 aromatic rings. The van der Waals surface area contributed by atoms with E-state index in [4.69, 9.17) is 4.98 Å². The van der Waals surface area contributed by atoms with Crippen LogP contribution in [0, 0.1) is 5.92 Å². The largest absolute Gasteiger partial charge is 0.293 e. The summed E-state index contributed by atoms with van der Waals surface area (Å²) in [5.74, 6) is 1.74. The molecule has 0 bridgehead atoms. The Bertz CT molecular complexity index is 735. The SMILES string of the molecule is CC1C=Cc2c(nc(C3=CCCCC3)n2-c2ccccc2)C1. The van der Waals surface area contributed by atoms with Crippen LogP contribution in [0.4, 0.5) is 0 Å². The normalized spacial score (nSPS) is 20.6. The van der Waals surface area contributed by atoms with Gasteiger partial charge in [-0.15, -0.1) is 0 Å². The van der Waals surface area contributed by atoms with Gasteiger partial charge in [-0.05, 0) is 61.8 Å². The second-order valence-electron chi connectivity index (χ2n) is 6.45. The molecule has 1 aromatic heterocycles. The molecule has 1 atom stereocenters. The predicted molar refractivity (Wildman–Crippen MR) is 91.9 cm³/mol. The van der Waals surface area contributed by atoms with Crippen molar-refractivity contribution in [2.75, 3.05) is 0 Å². The number of nitrogens with zero attached hydrogens (tertiary/aromatic N) is 2. The highest BCUT2D eigenvalue weighted by atomic mass is 15.1. The molecule has 4 rings (SSSR count). The molecule has 0 radical (unpaired) electrons. The average molecular weight is 290 g/mol. The Morgan fingerprint density at radius 3 is 2.77 bits per heavy atom. The molecular formula is C20H22N2. The molecule has 0 aliphatic heterocycles. The summed E-state index contributed by atoms with van der Waals surface area (Å²) in [6.07, 6.45) is 12.9. The van der Waals surface area contributed by atoms with Gasteiger partial charge in [0.15, 0.2) is 0 Å². The van der Waals surface area contributed by atoms with E-state index in [0.29, 0.717) is 5.92 Å². The van der Waals surface area contributed by atoms with Crippen LogP contribution < -0.4 is 0 Å². The first-order valence-corrected chi connectivity index (χ1v) is 8.37. The van der Waals surface area contributed by atoms with Crippen LogP contribution in [0.2, 0.25) is 0 Å². The van der Waals surface area contributed by atoms with Crippen LogP contribution in [-0.2, 0) is 6.42 Å². The summed E-state index contributed by atoms with van der Waals surface area (Å²) < 4.78 is 2.36. The molecule has 0 N–H and O–H groups in total. The second kappa shape index (κ2) is 5.60. The molecule has 2 aliphatic rings. The summed E-state index contributed by atoms with van der Waals surface area (Å²) in [6, 6.07) is 10.7. The highest BCUT2D eigenvalue weighted by Gasteiger charge is 2.23. The number of fused-ring (bicyclic) bond motifs is 1. The fourth-order valence-corrected chi connectivity index (χ4v) is 3.52. The van der Waals surface area contributed by atoms with Crippen LogP contribution in [0.15, 0.2) is 42.5 Å². The molecule has 0 saturated heterocycles. The molecule has 0 saturated carbocycles. The summed E-state index contributed by atoms with van der Waals surface area (Å²) in [7, 11) is 0. The monoisotopic (exact) mass is 290 g/mol. The van der Waals surface area contributed by atoms with E-state index in [1.54, 1.807) is 0 Å². The van der Waals surface area contributed by atoms with Gasteiger partial charge in [0.05, 0.1) is 11.4 Å². The molecule has 2 heteroatoms. The van der Waals surface area contributed by atoms with Crippen LogP contribution in [0.25, 0.3) is 17.3 Å². The number of aromatic nitrogens is 2. The molecule has 2 nitrogen and oxygen atoms in total. The fraction of sp³-hybridized carbons (Fsp3) is 0.350. The Hall–Kier alpha value is -2.09. The number of imidazole rings is 1. The van der Waals surface area contributed by atoms with E-state index in [1.165, 1.54) is 41.9 Å². The maximum atomic E-state index is 5.04. The van der Waals surface area contributed by atoms with Crippen molar-refractivity contribution >= 4 is 11.6 Å². The van der Waals surface area contributed by atoms with Crippen LogP contribution >= 0.6 is 0 Å². The average Bonchev–Trinajstić information content (AvgIpc) is 2.95. The minimum Gasteiger partial charge on any atom is -0.293 e. The van der Waals surface area contributed by atoms with Gasteiger partial charge in [0.1, 0.15) is 5.82 Å². The number of hydrogen-bond acceptors (Lipinski definition) is 1. The van der Waals surface area contributed by atoms with E-state index in [2.05, 4.69) is 60.1 Å². The summed E-state index contributed by atoms with van der Waals surface area (Å²) >= 11 is 0. The zero-order chi connectivity index (χ0) is 14.9. The van der Waals surface area contributed by atoms with Crippen molar-refractivity contribution < 1.29 is 0 Å². The van der Waals surface area contributed by atoms with E-state index in [-0.39, 0.29) is 0 Å². The molecule has 1 heterocycles. The molecule has 22 heavy (non-hydrogen) atoms. The molecule has 0 spiro atoms. The van der Waals surface area contributed by atoms with Gasteiger partial charge < -0.3 is 0 Å². The van der Waals surface area contributed by atoms with E-state index in [1.807, 2.05) is 0 Å². The lowest BCUT2D eigenvalue weighted by molar-refractivity contribution is 0.701. The van der Waals surface area contributed by atoms with Crippen molar-refractivity contribution in [3.63, 3.8) is 0 Å². The Kier molecular flexibility index (Phi) is 3.45. The molecule has 0 amide bonds. The van der Waals surface area contributed by atoms with Crippen molar-refractivity contribution in [3.8, 4) is 5.69 Å². The van der Waals surface area contributed by atoms with Crippen molar-refractivity contribution in [2.24, 2.45) is 5.92 Å². The van der Waals surface area contributed by atoms with Gasteiger partial charge >= 0.3 is 0 Å². The Morgan fingerprint density at radius 2 is 2.00 bits per heavy atom. The number of para-hydroxylation sites is 1. The van der Waals surface area contributed by atoms with Crippen LogP contribution in [0.3, 0.4) is 0 Å². The lowest BCUT2D eigenvalue weighted by atomic mass is 9.98. The van der Waals surface area contributed by atoms with E-state index in [0.717, 1.165) is 18.7 Å². The number of allylic oxidation sites excluding steroid dienone is 3. The van der Waals surface area contributed by atoms with Crippen LogP contribution in [-0.4, -0.2) is 9.55 Å². The third-order valence-electron chi connectivity index (χ3n) is 4.68. The molecule has 1 unspecified atom stereocenters. The first-order valence-electron chi connectivity index (χ1n) is 8.37. The minimum atomic E-state index is 0.583. The van der Waals surface area contributed by atoms with E-state index >= 15 is 0 Å². The lowest BCUT2D eigenvalue weighted by Crippen LogP contribution is -2.07. The first-order chi connectivity index (χ1) is 10.8. The molecular weight excluding hydrogens is 268 g/mol. The summed E-state index contributed by atoms with van der Waals surface area (Å²) in [5, 5.41) is 0. The number of rotatable bonds is 2. The van der Waals surface area contributed by atoms with Gasteiger partial charge in [0.25, 0.3) is 0 Å². The van der Waals surface area contributed by atoms with Gasteiger partial charge in [-0.25, -0.2) is 4.98 Å². The quantitative estimate of drug-likeness (QED) is 0.758. The Morgan fingerprint density at radius 1 is 1.14 bits per heavy atom. The lowest BCUT2D eigenvalue weighted by Gasteiger charge is -2.16. The third kappa shape index (κ3) is 2.33. The zero-order valence-electron chi connectivity index (χ0n) is 13.1. The van der Waals surface area contributed by atoms with Crippen LogP contribution in [0.1, 0.15) is 49.8 Å². The standard InChI is InChI=1S/C20H22N2/c1-15-12-13-19-18(14-15)21-20(16-8-4-2-5-9-16)22(19)17-10-6-3-7-11-17/h3,6-8,10-13,15H,2,4-5,9,14H2,1H3. The maximum Gasteiger partial charge on any atom is 0.140 e. The van der Waals surface area contributed by atoms with Gasteiger partial charge in [-0.3, -0.25) is 4.57 Å². The number of hydrogen-bond donors (Lipinski definition) is 0. The molecule has 1 aromatic carbocycles. The predicted octanol–water partition coefficient (Wildman–Crippen LogP) is 5.04. The van der Waals surface area contributed by atoms with Gasteiger partial charge in [-0.2, -0.15) is 0 Å². The second-order valence-corrected chi connectivity index (χ2v) is 6.45. The van der Waals surface area contributed by atoms with Gasteiger partial charge in [0, 0.05) is 5.69 Å².